The highest BCUT2D eigenvalue weighted by molar-refractivity contribution is 7.89. The van der Waals surface area contributed by atoms with Gasteiger partial charge in [-0.25, -0.2) is 8.42 Å². The van der Waals surface area contributed by atoms with E-state index in [1.54, 1.807) is 0 Å². The van der Waals surface area contributed by atoms with Gasteiger partial charge in [0.2, 0.25) is 15.9 Å². The van der Waals surface area contributed by atoms with E-state index in [1.165, 1.54) is 31.3 Å². The number of morpholine rings is 1. The topological polar surface area (TPSA) is 79.0 Å². The number of rotatable bonds is 7. The molecule has 2 rings (SSSR count). The van der Waals surface area contributed by atoms with Crippen LogP contribution in [0.15, 0.2) is 29.2 Å². The van der Waals surface area contributed by atoms with Crippen molar-refractivity contribution in [3.8, 4) is 0 Å². The lowest BCUT2D eigenvalue weighted by Crippen LogP contribution is -2.59. The van der Waals surface area contributed by atoms with Crippen LogP contribution in [-0.4, -0.2) is 74.5 Å². The number of amides is 1. The van der Waals surface area contributed by atoms with Gasteiger partial charge in [-0.05, 0) is 52.0 Å². The summed E-state index contributed by atoms with van der Waals surface area (Å²) in [5.74, 6) is -0.345. The summed E-state index contributed by atoms with van der Waals surface area (Å²) in [7, 11) is -2.36. The van der Waals surface area contributed by atoms with Crippen molar-refractivity contribution >= 4 is 27.5 Å². The van der Waals surface area contributed by atoms with Crippen molar-refractivity contribution in [2.75, 3.05) is 33.2 Å². The maximum absolute atomic E-state index is 12.6. The number of benzene rings is 1. The number of likely N-dealkylation sites (N-methyl/N-ethyl adjacent to an activating group) is 1. The summed E-state index contributed by atoms with van der Waals surface area (Å²) in [4.78, 5) is 14.8. The van der Waals surface area contributed by atoms with Crippen LogP contribution in [0.5, 0.6) is 0 Å². The molecule has 1 N–H and O–H groups in total. The Kier molecular flexibility index (Phi) is 7.50. The molecule has 1 heterocycles. The Bertz CT molecular complexity index is 773. The summed E-state index contributed by atoms with van der Waals surface area (Å²) >= 11 is 5.81. The molecule has 0 unspecified atom stereocenters. The van der Waals surface area contributed by atoms with Gasteiger partial charge in [0, 0.05) is 37.2 Å². The first kappa shape index (κ1) is 23.1. The van der Waals surface area contributed by atoms with E-state index in [9.17, 15) is 13.2 Å². The third-order valence-electron chi connectivity index (χ3n) is 4.88. The first-order valence-corrected chi connectivity index (χ1v) is 11.1. The second-order valence-corrected chi connectivity index (χ2v) is 10.4. The Morgan fingerprint density at radius 3 is 2.32 bits per heavy atom. The van der Waals surface area contributed by atoms with Crippen molar-refractivity contribution in [3.63, 3.8) is 0 Å². The van der Waals surface area contributed by atoms with Crippen LogP contribution in [0.25, 0.3) is 0 Å². The summed E-state index contributed by atoms with van der Waals surface area (Å²) in [5, 5.41) is 3.32. The minimum atomic E-state index is -3.75. The highest BCUT2D eigenvalue weighted by Crippen LogP contribution is 2.21. The summed E-state index contributed by atoms with van der Waals surface area (Å²) in [6.07, 6.45) is 0.267. The van der Waals surface area contributed by atoms with E-state index < -0.39 is 10.0 Å². The zero-order valence-electron chi connectivity index (χ0n) is 17.1. The fraction of sp³-hybridized carbons (Fsp3) is 0.632. The molecule has 1 aromatic rings. The number of hydrogen-bond acceptors (Lipinski definition) is 5. The van der Waals surface area contributed by atoms with Gasteiger partial charge in [0.05, 0.1) is 23.6 Å². The summed E-state index contributed by atoms with van der Waals surface area (Å²) in [6.45, 7) is 9.94. The number of sulfonamides is 1. The van der Waals surface area contributed by atoms with Gasteiger partial charge in [0.1, 0.15) is 0 Å². The number of nitrogens with zero attached hydrogens (tertiary/aromatic N) is 2. The van der Waals surface area contributed by atoms with Gasteiger partial charge in [-0.3, -0.25) is 9.69 Å². The number of halogens is 1. The van der Waals surface area contributed by atoms with Gasteiger partial charge >= 0.3 is 0 Å². The largest absolute Gasteiger partial charge is 0.373 e. The Labute approximate surface area is 173 Å². The Morgan fingerprint density at radius 1 is 1.25 bits per heavy atom. The van der Waals surface area contributed by atoms with Crippen molar-refractivity contribution in [1.82, 2.24) is 14.5 Å². The van der Waals surface area contributed by atoms with E-state index in [-0.39, 0.29) is 35.1 Å². The predicted octanol–water partition coefficient (Wildman–Crippen LogP) is 1.96. The fourth-order valence-electron chi connectivity index (χ4n) is 3.23. The highest BCUT2D eigenvalue weighted by Gasteiger charge is 2.33. The lowest BCUT2D eigenvalue weighted by molar-refractivity contribution is -0.123. The van der Waals surface area contributed by atoms with Crippen LogP contribution < -0.4 is 5.32 Å². The molecule has 9 heteroatoms. The number of carbonyl (C=O) groups excluding carboxylic acids is 1. The summed E-state index contributed by atoms with van der Waals surface area (Å²) in [6, 6.07) is 5.87. The van der Waals surface area contributed by atoms with E-state index in [2.05, 4.69) is 24.1 Å². The predicted molar refractivity (Wildman–Crippen MR) is 110 cm³/mol. The van der Waals surface area contributed by atoms with Gasteiger partial charge < -0.3 is 10.1 Å². The smallest absolute Gasteiger partial charge is 0.243 e. The maximum Gasteiger partial charge on any atom is 0.243 e. The third kappa shape index (κ3) is 5.90. The van der Waals surface area contributed by atoms with E-state index in [0.29, 0.717) is 11.6 Å². The second-order valence-electron chi connectivity index (χ2n) is 7.97. The lowest BCUT2D eigenvalue weighted by Gasteiger charge is -2.45. The average Bonchev–Trinajstić information content (AvgIpc) is 2.59. The monoisotopic (exact) mass is 431 g/mol. The van der Waals surface area contributed by atoms with Crippen LogP contribution in [-0.2, 0) is 19.6 Å². The first-order valence-electron chi connectivity index (χ1n) is 9.31. The molecule has 0 bridgehead atoms. The minimum Gasteiger partial charge on any atom is -0.373 e. The third-order valence-corrected chi connectivity index (χ3v) is 6.95. The van der Waals surface area contributed by atoms with Gasteiger partial charge in [-0.2, -0.15) is 4.31 Å². The lowest BCUT2D eigenvalue weighted by atomic mass is 10.00. The number of nitrogens with one attached hydrogen (secondary N) is 1. The molecule has 0 aliphatic carbocycles. The summed E-state index contributed by atoms with van der Waals surface area (Å²) in [5.41, 5.74) is -0.268. The van der Waals surface area contributed by atoms with E-state index >= 15 is 0 Å². The van der Waals surface area contributed by atoms with Crippen LogP contribution in [0.2, 0.25) is 5.02 Å². The van der Waals surface area contributed by atoms with E-state index in [0.717, 1.165) is 17.4 Å². The quantitative estimate of drug-likeness (QED) is 0.714. The van der Waals surface area contributed by atoms with Gasteiger partial charge in [-0.1, -0.05) is 11.6 Å². The maximum atomic E-state index is 12.6. The molecular weight excluding hydrogens is 402 g/mol. The minimum absolute atomic E-state index is 0.101. The Balaban J connectivity index is 1.93. The molecule has 1 aromatic carbocycles. The molecule has 1 saturated heterocycles. The van der Waals surface area contributed by atoms with Crippen molar-refractivity contribution in [3.05, 3.63) is 29.3 Å². The van der Waals surface area contributed by atoms with Gasteiger partial charge in [0.25, 0.3) is 0 Å². The second kappa shape index (κ2) is 9.09. The number of carbonyl (C=O) groups is 1. The zero-order chi connectivity index (χ0) is 21.1. The molecule has 2 atom stereocenters. The molecule has 0 aromatic heterocycles. The Morgan fingerprint density at radius 2 is 1.79 bits per heavy atom. The van der Waals surface area contributed by atoms with Crippen LogP contribution in [0.4, 0.5) is 0 Å². The molecule has 0 saturated carbocycles. The molecule has 1 fully saturated rings. The van der Waals surface area contributed by atoms with Crippen molar-refractivity contribution < 1.29 is 17.9 Å². The Hall–Kier alpha value is -1.19. The van der Waals surface area contributed by atoms with Crippen LogP contribution in [0, 0.1) is 0 Å². The average molecular weight is 432 g/mol. The molecule has 0 spiro atoms. The number of hydrogen-bond donors (Lipinski definition) is 1. The van der Waals surface area contributed by atoms with Crippen molar-refractivity contribution in [1.29, 1.82) is 0 Å². The number of ether oxygens (including phenoxy) is 1. The summed E-state index contributed by atoms with van der Waals surface area (Å²) < 4.78 is 32.0. The molecular formula is C19H30ClN3O4S. The van der Waals surface area contributed by atoms with Crippen LogP contribution >= 0.6 is 11.6 Å². The van der Waals surface area contributed by atoms with Crippen LogP contribution in [0.3, 0.4) is 0 Å². The standard InChI is InChI=1S/C19H30ClN3O4S/c1-14-10-23(11-15(2)27-14)19(3,4)13-21-18(24)12-22(5)28(25,26)17-8-6-16(20)7-9-17/h6-9,14-15H,10-13H2,1-5H3,(H,21,24)/t14-,15-/m1/s1. The molecule has 28 heavy (non-hydrogen) atoms. The first-order chi connectivity index (χ1) is 12.9. The highest BCUT2D eigenvalue weighted by atomic mass is 35.5. The normalized spacial score (nSPS) is 21.7. The molecule has 0 radical (unpaired) electrons. The van der Waals surface area contributed by atoms with Crippen molar-refractivity contribution in [2.24, 2.45) is 0 Å². The SMILES string of the molecule is C[C@@H]1CN(C(C)(C)CNC(=O)CN(C)S(=O)(=O)c2ccc(Cl)cc2)C[C@@H](C)O1. The molecule has 7 nitrogen and oxygen atoms in total. The molecule has 1 aliphatic rings. The van der Waals surface area contributed by atoms with Gasteiger partial charge in [0.15, 0.2) is 0 Å². The van der Waals surface area contributed by atoms with E-state index in [4.69, 9.17) is 16.3 Å². The van der Waals surface area contributed by atoms with E-state index in [1.807, 2.05) is 13.8 Å². The molecule has 158 valence electrons. The fourth-order valence-corrected chi connectivity index (χ4v) is 4.48. The van der Waals surface area contributed by atoms with Gasteiger partial charge in [-0.15, -0.1) is 0 Å². The van der Waals surface area contributed by atoms with Crippen LogP contribution in [0.1, 0.15) is 27.7 Å². The van der Waals surface area contributed by atoms with Crippen molar-refractivity contribution in [2.45, 2.75) is 50.3 Å². The molecule has 1 amide bonds. The molecule has 1 aliphatic heterocycles. The zero-order valence-corrected chi connectivity index (χ0v) is 18.7.